The van der Waals surface area contributed by atoms with Crippen LogP contribution < -0.4 is 0 Å². The van der Waals surface area contributed by atoms with Gasteiger partial charge in [-0.05, 0) is 31.6 Å². The van der Waals surface area contributed by atoms with Gasteiger partial charge < -0.3 is 33.8 Å². The molecule has 0 saturated carbocycles. The number of carbonyl (C=O) groups is 4. The van der Waals surface area contributed by atoms with Crippen LogP contribution in [0.5, 0.6) is 0 Å². The minimum atomic E-state index is -4.94. The number of phosphoric acid groups is 2. The SMILES string of the molecule is CCCCCCCCCCCCCCCCCC(=O)O[C@H](COC(=O)CCCCCCCCC(C)CC)COP(=O)(O)OC[C@@H](O)COP(=O)(O)OC[C@@H](COC(=O)CCCCCCC)OC(=O)CCCCCCCCCC. The van der Waals surface area contributed by atoms with Crippen LogP contribution >= 0.6 is 15.6 Å². The van der Waals surface area contributed by atoms with E-state index in [1.54, 1.807) is 0 Å². The predicted molar refractivity (Wildman–Crippen MR) is 308 cm³/mol. The lowest BCUT2D eigenvalue weighted by molar-refractivity contribution is -0.161. The third-order valence-corrected chi connectivity index (χ3v) is 15.8. The second-order valence-electron chi connectivity index (χ2n) is 21.6. The molecule has 17 nitrogen and oxygen atoms in total. The summed E-state index contributed by atoms with van der Waals surface area (Å²) >= 11 is 0. The Kier molecular flexibility index (Phi) is 51.8. The Balaban J connectivity index is 5.16. The molecule has 3 N–H and O–H groups in total. The van der Waals surface area contributed by atoms with Crippen molar-refractivity contribution in [2.75, 3.05) is 39.6 Å². The molecule has 0 saturated heterocycles. The van der Waals surface area contributed by atoms with Crippen LogP contribution in [-0.4, -0.2) is 96.7 Å². The molecule has 0 heterocycles. The standard InChI is InChI=1S/C59H114O17P2/c1-6-10-13-16-18-20-21-22-23-24-25-26-28-35-40-45-59(64)76-55(49-70-57(62)43-38-33-30-29-32-36-41-52(5)9-4)51-74-78(67,68)72-47-53(60)46-71-77(65,66)73-50-54(48-69-56(61)42-37-31-15-12-8-3)75-58(63)44-39-34-27-19-17-14-11-7-2/h52-55,60H,6-51H2,1-5H3,(H,65,66)(H,67,68)/t52?,53-,54+,55+/m0/s1. The van der Waals surface area contributed by atoms with E-state index in [2.05, 4.69) is 34.6 Å². The Hall–Kier alpha value is -1.94. The maximum atomic E-state index is 12.9. The third-order valence-electron chi connectivity index (χ3n) is 13.9. The van der Waals surface area contributed by atoms with Gasteiger partial charge in [-0.2, -0.15) is 0 Å². The van der Waals surface area contributed by atoms with Crippen molar-refractivity contribution in [3.05, 3.63) is 0 Å². The average Bonchev–Trinajstić information content (AvgIpc) is 3.41. The molecule has 462 valence electrons. The van der Waals surface area contributed by atoms with Gasteiger partial charge in [0.05, 0.1) is 26.4 Å². The van der Waals surface area contributed by atoms with Crippen molar-refractivity contribution in [2.24, 2.45) is 5.92 Å². The second-order valence-corrected chi connectivity index (χ2v) is 24.5. The van der Waals surface area contributed by atoms with Crippen LogP contribution in [0.4, 0.5) is 0 Å². The maximum absolute atomic E-state index is 12.9. The summed E-state index contributed by atoms with van der Waals surface area (Å²) in [5.41, 5.74) is 0. The highest BCUT2D eigenvalue weighted by Gasteiger charge is 2.30. The first-order valence-electron chi connectivity index (χ1n) is 31.2. The van der Waals surface area contributed by atoms with E-state index in [9.17, 15) is 43.2 Å². The van der Waals surface area contributed by atoms with Crippen molar-refractivity contribution < 1.29 is 80.2 Å². The molecule has 0 amide bonds. The van der Waals surface area contributed by atoms with E-state index in [1.165, 1.54) is 96.3 Å². The lowest BCUT2D eigenvalue weighted by Gasteiger charge is -2.21. The number of esters is 4. The van der Waals surface area contributed by atoms with E-state index in [0.717, 1.165) is 115 Å². The van der Waals surface area contributed by atoms with Crippen LogP contribution in [0.1, 0.15) is 291 Å². The maximum Gasteiger partial charge on any atom is 0.472 e. The molecular formula is C59H114O17P2. The number of unbranched alkanes of at least 4 members (excludes halogenated alkanes) is 30. The van der Waals surface area contributed by atoms with Gasteiger partial charge >= 0.3 is 39.5 Å². The lowest BCUT2D eigenvalue weighted by Crippen LogP contribution is -2.30. The van der Waals surface area contributed by atoms with Gasteiger partial charge in [0, 0.05) is 25.7 Å². The molecule has 0 rings (SSSR count). The molecule has 0 aromatic rings. The average molecular weight is 1160 g/mol. The van der Waals surface area contributed by atoms with Crippen LogP contribution in [0.25, 0.3) is 0 Å². The van der Waals surface area contributed by atoms with Gasteiger partial charge in [0.2, 0.25) is 0 Å². The Morgan fingerprint density at radius 2 is 0.615 bits per heavy atom. The molecule has 0 bridgehead atoms. The van der Waals surface area contributed by atoms with Gasteiger partial charge in [-0.3, -0.25) is 37.3 Å². The summed E-state index contributed by atoms with van der Waals surface area (Å²) in [6, 6.07) is 0. The van der Waals surface area contributed by atoms with Crippen LogP contribution in [0.2, 0.25) is 0 Å². The monoisotopic (exact) mass is 1160 g/mol. The Morgan fingerprint density at radius 3 is 0.910 bits per heavy atom. The molecule has 0 aromatic carbocycles. The van der Waals surface area contributed by atoms with Crippen LogP contribution in [0, 0.1) is 5.92 Å². The summed E-state index contributed by atoms with van der Waals surface area (Å²) < 4.78 is 67.5. The van der Waals surface area contributed by atoms with E-state index in [-0.39, 0.29) is 25.7 Å². The Bertz CT molecular complexity index is 1540. The van der Waals surface area contributed by atoms with Gasteiger partial charge in [-0.15, -0.1) is 0 Å². The first kappa shape index (κ1) is 76.1. The van der Waals surface area contributed by atoms with Gasteiger partial charge in [-0.25, -0.2) is 9.13 Å². The van der Waals surface area contributed by atoms with Gasteiger partial charge in [0.15, 0.2) is 12.2 Å². The summed E-state index contributed by atoms with van der Waals surface area (Å²) in [4.78, 5) is 71.6. The molecule has 0 aliphatic rings. The normalized spacial score (nSPS) is 14.7. The number of aliphatic hydroxyl groups excluding tert-OH is 1. The summed E-state index contributed by atoms with van der Waals surface area (Å²) in [5.74, 6) is -1.42. The molecule has 0 radical (unpaired) electrons. The Labute approximate surface area is 473 Å². The molecule has 3 unspecified atom stereocenters. The van der Waals surface area contributed by atoms with E-state index in [4.69, 9.17) is 37.0 Å². The molecule has 78 heavy (non-hydrogen) atoms. The summed E-state index contributed by atoms with van der Waals surface area (Å²) in [5, 5.41) is 10.5. The topological polar surface area (TPSA) is 237 Å². The summed E-state index contributed by atoms with van der Waals surface area (Å²) in [7, 11) is -9.86. The van der Waals surface area contributed by atoms with Gasteiger partial charge in [0.25, 0.3) is 0 Å². The molecule has 6 atom stereocenters. The highest BCUT2D eigenvalue weighted by atomic mass is 31.2. The van der Waals surface area contributed by atoms with Gasteiger partial charge in [-0.1, -0.05) is 240 Å². The van der Waals surface area contributed by atoms with Crippen molar-refractivity contribution in [2.45, 2.75) is 310 Å². The fraction of sp³-hybridized carbons (Fsp3) is 0.932. The van der Waals surface area contributed by atoms with Crippen molar-refractivity contribution in [1.82, 2.24) is 0 Å². The lowest BCUT2D eigenvalue weighted by atomic mass is 10.00. The number of ether oxygens (including phenoxy) is 4. The van der Waals surface area contributed by atoms with E-state index < -0.39 is 97.5 Å². The van der Waals surface area contributed by atoms with Gasteiger partial charge in [0.1, 0.15) is 19.3 Å². The number of rotatable bonds is 59. The third kappa shape index (κ3) is 52.2. The quantitative estimate of drug-likeness (QED) is 0.0222. The van der Waals surface area contributed by atoms with E-state index in [0.29, 0.717) is 25.7 Å². The van der Waals surface area contributed by atoms with E-state index >= 15 is 0 Å². The summed E-state index contributed by atoms with van der Waals surface area (Å²) in [6.45, 7) is 7.00. The molecule has 0 aliphatic carbocycles. The Morgan fingerprint density at radius 1 is 0.359 bits per heavy atom. The second kappa shape index (κ2) is 53.1. The van der Waals surface area contributed by atoms with Crippen molar-refractivity contribution in [3.63, 3.8) is 0 Å². The molecule has 0 fully saturated rings. The number of aliphatic hydroxyl groups is 1. The smallest absolute Gasteiger partial charge is 0.462 e. The number of hydrogen-bond donors (Lipinski definition) is 3. The minimum absolute atomic E-state index is 0.104. The van der Waals surface area contributed by atoms with Crippen LogP contribution in [0.3, 0.4) is 0 Å². The fourth-order valence-corrected chi connectivity index (χ4v) is 10.2. The largest absolute Gasteiger partial charge is 0.472 e. The molecule has 0 aromatic heterocycles. The zero-order chi connectivity index (χ0) is 57.8. The first-order valence-corrected chi connectivity index (χ1v) is 34.2. The molecule has 0 spiro atoms. The van der Waals surface area contributed by atoms with Crippen LogP contribution in [0.15, 0.2) is 0 Å². The van der Waals surface area contributed by atoms with Crippen LogP contribution in [-0.2, 0) is 65.4 Å². The fourth-order valence-electron chi connectivity index (χ4n) is 8.67. The predicted octanol–water partition coefficient (Wildman–Crippen LogP) is 15.8. The van der Waals surface area contributed by atoms with E-state index in [1.807, 2.05) is 0 Å². The minimum Gasteiger partial charge on any atom is -0.462 e. The highest BCUT2D eigenvalue weighted by Crippen LogP contribution is 2.45. The number of phosphoric ester groups is 2. The first-order chi connectivity index (χ1) is 37.6. The highest BCUT2D eigenvalue weighted by molar-refractivity contribution is 7.47. The molecule has 0 aliphatic heterocycles. The zero-order valence-corrected chi connectivity index (χ0v) is 51.6. The molecule has 19 heteroatoms. The van der Waals surface area contributed by atoms with Crippen molar-refractivity contribution >= 4 is 39.5 Å². The number of hydrogen-bond acceptors (Lipinski definition) is 15. The number of carbonyl (C=O) groups excluding carboxylic acids is 4. The van der Waals surface area contributed by atoms with Crippen molar-refractivity contribution in [1.29, 1.82) is 0 Å². The summed E-state index contributed by atoms with van der Waals surface area (Å²) in [6.07, 6.45) is 35.3. The zero-order valence-electron chi connectivity index (χ0n) is 49.8. The molecular weight excluding hydrogens is 1040 g/mol. The van der Waals surface area contributed by atoms with Crippen molar-refractivity contribution in [3.8, 4) is 0 Å².